The summed E-state index contributed by atoms with van der Waals surface area (Å²) in [5.74, 6) is -1.10. The highest BCUT2D eigenvalue weighted by Gasteiger charge is 2.31. The Balaban J connectivity index is 1.58. The number of halogens is 3. The van der Waals surface area contributed by atoms with Crippen LogP contribution in [0, 0.1) is 0 Å². The summed E-state index contributed by atoms with van der Waals surface area (Å²) < 4.78 is 63.6. The molecule has 0 saturated carbocycles. The van der Waals surface area contributed by atoms with Gasteiger partial charge in [0.1, 0.15) is 6.54 Å². The average molecular weight is 470 g/mol. The van der Waals surface area contributed by atoms with Crippen LogP contribution >= 0.6 is 0 Å². The summed E-state index contributed by atoms with van der Waals surface area (Å²) in [6, 6.07) is 9.94. The number of aromatic nitrogens is 1. The minimum absolute atomic E-state index is 0.0851. The first kappa shape index (κ1) is 23.7. The number of hydrogen-bond acceptors (Lipinski definition) is 5. The van der Waals surface area contributed by atoms with Crippen LogP contribution in [-0.4, -0.2) is 73.3 Å². The predicted molar refractivity (Wildman–Crippen MR) is 108 cm³/mol. The number of nitrogens with zero attached hydrogens (tertiary/aromatic N) is 3. The predicted octanol–water partition coefficient (Wildman–Crippen LogP) is 1.45. The molecular formula is C20H21F3N4O4S. The number of nitrogens with one attached hydrogen (secondary N) is 1. The van der Waals surface area contributed by atoms with E-state index in [-0.39, 0.29) is 49.0 Å². The summed E-state index contributed by atoms with van der Waals surface area (Å²) in [4.78, 5) is 29.8. The third-order valence-electron chi connectivity index (χ3n) is 4.85. The van der Waals surface area contributed by atoms with Gasteiger partial charge in [0.15, 0.2) is 0 Å². The van der Waals surface area contributed by atoms with Gasteiger partial charge in [-0.2, -0.15) is 17.5 Å². The molecular weight excluding hydrogens is 449 g/mol. The molecule has 0 atom stereocenters. The fourth-order valence-corrected chi connectivity index (χ4v) is 4.58. The van der Waals surface area contributed by atoms with Gasteiger partial charge in [0.25, 0.3) is 5.91 Å². The van der Waals surface area contributed by atoms with Gasteiger partial charge >= 0.3 is 6.18 Å². The molecule has 3 rings (SSSR count). The van der Waals surface area contributed by atoms with Crippen molar-refractivity contribution in [3.63, 3.8) is 0 Å². The van der Waals surface area contributed by atoms with Crippen molar-refractivity contribution >= 4 is 21.8 Å². The molecule has 1 aromatic heterocycles. The molecule has 1 aliphatic rings. The molecule has 0 unspecified atom stereocenters. The van der Waals surface area contributed by atoms with Crippen molar-refractivity contribution in [1.82, 2.24) is 19.5 Å². The first-order valence-corrected chi connectivity index (χ1v) is 11.1. The van der Waals surface area contributed by atoms with E-state index in [0.29, 0.717) is 5.69 Å². The average Bonchev–Trinajstić information content (AvgIpc) is 2.78. The second-order valence-electron chi connectivity index (χ2n) is 7.10. The van der Waals surface area contributed by atoms with Crippen LogP contribution in [-0.2, 0) is 21.2 Å². The van der Waals surface area contributed by atoms with Gasteiger partial charge < -0.3 is 10.2 Å². The molecule has 1 N–H and O–H groups in total. The van der Waals surface area contributed by atoms with E-state index in [2.05, 4.69) is 4.98 Å². The number of benzene rings is 1. The lowest BCUT2D eigenvalue weighted by atomic mass is 10.2. The molecule has 1 aliphatic heterocycles. The van der Waals surface area contributed by atoms with Crippen LogP contribution in [0.5, 0.6) is 0 Å². The highest BCUT2D eigenvalue weighted by atomic mass is 32.2. The zero-order valence-electron chi connectivity index (χ0n) is 16.9. The normalized spacial score (nSPS) is 15.4. The molecule has 1 aromatic carbocycles. The van der Waals surface area contributed by atoms with Gasteiger partial charge in [0, 0.05) is 43.6 Å². The van der Waals surface area contributed by atoms with Crippen LogP contribution in [0.1, 0.15) is 16.1 Å². The number of hydrogen-bond donors (Lipinski definition) is 1. The summed E-state index contributed by atoms with van der Waals surface area (Å²) in [6.45, 7) is -0.824. The highest BCUT2D eigenvalue weighted by Crippen LogP contribution is 2.19. The van der Waals surface area contributed by atoms with Crippen LogP contribution in [0.15, 0.2) is 53.6 Å². The molecule has 32 heavy (non-hydrogen) atoms. The second kappa shape index (κ2) is 9.65. The lowest BCUT2D eigenvalue weighted by Crippen LogP contribution is -2.50. The quantitative estimate of drug-likeness (QED) is 0.689. The van der Waals surface area contributed by atoms with Crippen molar-refractivity contribution in [2.45, 2.75) is 17.5 Å². The maximum absolute atomic E-state index is 12.9. The minimum atomic E-state index is -4.54. The Bertz CT molecular complexity index is 1050. The largest absolute Gasteiger partial charge is 0.405 e. The van der Waals surface area contributed by atoms with Gasteiger partial charge in [-0.05, 0) is 36.4 Å². The van der Waals surface area contributed by atoms with Crippen LogP contribution in [0.25, 0.3) is 0 Å². The smallest absolute Gasteiger partial charge is 0.343 e. The first-order chi connectivity index (χ1) is 15.1. The molecule has 0 radical (unpaired) electrons. The second-order valence-corrected chi connectivity index (χ2v) is 9.04. The molecule has 2 amide bonds. The Kier molecular flexibility index (Phi) is 7.14. The minimum Gasteiger partial charge on any atom is -0.343 e. The van der Waals surface area contributed by atoms with Gasteiger partial charge in [-0.1, -0.05) is 6.07 Å². The summed E-state index contributed by atoms with van der Waals surface area (Å²) >= 11 is 0. The Morgan fingerprint density at radius 1 is 1.00 bits per heavy atom. The van der Waals surface area contributed by atoms with E-state index in [0.717, 1.165) is 12.1 Å². The number of carbonyl (C=O) groups is 2. The van der Waals surface area contributed by atoms with E-state index >= 15 is 0 Å². The number of carbonyl (C=O) groups excluding carboxylic acids is 2. The molecule has 8 nitrogen and oxygen atoms in total. The zero-order valence-corrected chi connectivity index (χ0v) is 17.7. The van der Waals surface area contributed by atoms with Gasteiger partial charge in [0.2, 0.25) is 15.9 Å². The van der Waals surface area contributed by atoms with Crippen LogP contribution in [0.4, 0.5) is 13.2 Å². The number of rotatable bonds is 6. The third-order valence-corrected chi connectivity index (χ3v) is 6.77. The van der Waals surface area contributed by atoms with E-state index in [1.165, 1.54) is 16.4 Å². The third kappa shape index (κ3) is 6.04. The SMILES string of the molecule is O=C(NCC(F)(F)F)c1ccc(S(=O)(=O)N2CCN(C(=O)Cc3ccccn3)CC2)cc1. The number of piperazine rings is 1. The van der Waals surface area contributed by atoms with Gasteiger partial charge in [-0.15, -0.1) is 0 Å². The van der Waals surface area contributed by atoms with Crippen molar-refractivity contribution in [3.8, 4) is 0 Å². The molecule has 2 heterocycles. The lowest BCUT2D eigenvalue weighted by molar-refractivity contribution is -0.131. The number of pyridine rings is 1. The standard InChI is InChI=1S/C20H21F3N4O4S/c21-20(22,23)14-25-19(29)15-4-6-17(7-5-15)32(30,31)27-11-9-26(10-12-27)18(28)13-16-3-1-2-8-24-16/h1-8H,9-14H2,(H,25,29). The van der Waals surface area contributed by atoms with Gasteiger partial charge in [0.05, 0.1) is 11.3 Å². The van der Waals surface area contributed by atoms with Crippen molar-refractivity contribution in [1.29, 1.82) is 0 Å². The van der Waals surface area contributed by atoms with Crippen LogP contribution in [0.2, 0.25) is 0 Å². The summed E-state index contributed by atoms with van der Waals surface area (Å²) in [7, 11) is -3.88. The molecule has 12 heteroatoms. The van der Waals surface area contributed by atoms with E-state index in [4.69, 9.17) is 0 Å². The maximum Gasteiger partial charge on any atom is 0.405 e. The van der Waals surface area contributed by atoms with E-state index in [1.54, 1.807) is 34.6 Å². The molecule has 0 aliphatic carbocycles. The van der Waals surface area contributed by atoms with Crippen molar-refractivity contribution < 1.29 is 31.2 Å². The Labute approximate surface area is 183 Å². The number of alkyl halides is 3. The molecule has 2 aromatic rings. The summed E-state index contributed by atoms with van der Waals surface area (Å²) in [6.07, 6.45) is -2.82. The van der Waals surface area contributed by atoms with Crippen molar-refractivity contribution in [2.24, 2.45) is 0 Å². The van der Waals surface area contributed by atoms with Crippen LogP contribution in [0.3, 0.4) is 0 Å². The zero-order chi connectivity index (χ0) is 23.4. The number of sulfonamides is 1. The monoisotopic (exact) mass is 470 g/mol. The van der Waals surface area contributed by atoms with Gasteiger partial charge in [-0.25, -0.2) is 8.42 Å². The molecule has 1 fully saturated rings. The fourth-order valence-electron chi connectivity index (χ4n) is 3.16. The maximum atomic E-state index is 12.9. The highest BCUT2D eigenvalue weighted by molar-refractivity contribution is 7.89. The first-order valence-electron chi connectivity index (χ1n) is 9.69. The molecule has 0 spiro atoms. The molecule has 0 bridgehead atoms. The lowest BCUT2D eigenvalue weighted by Gasteiger charge is -2.34. The Morgan fingerprint density at radius 2 is 1.66 bits per heavy atom. The van der Waals surface area contributed by atoms with Crippen molar-refractivity contribution in [2.75, 3.05) is 32.7 Å². The molecule has 172 valence electrons. The topological polar surface area (TPSA) is 99.7 Å². The van der Waals surface area contributed by atoms with E-state index < -0.39 is 28.7 Å². The van der Waals surface area contributed by atoms with Gasteiger partial charge in [-0.3, -0.25) is 14.6 Å². The Morgan fingerprint density at radius 3 is 2.22 bits per heavy atom. The van der Waals surface area contributed by atoms with Crippen LogP contribution < -0.4 is 5.32 Å². The molecule has 1 saturated heterocycles. The Hall–Kier alpha value is -2.99. The van der Waals surface area contributed by atoms with E-state index in [1.807, 2.05) is 0 Å². The number of amides is 2. The fraction of sp³-hybridized carbons (Fsp3) is 0.350. The van der Waals surface area contributed by atoms with E-state index in [9.17, 15) is 31.2 Å². The van der Waals surface area contributed by atoms with Crippen molar-refractivity contribution in [3.05, 3.63) is 59.9 Å². The summed E-state index contributed by atoms with van der Waals surface area (Å²) in [5, 5.41) is 1.73. The summed E-state index contributed by atoms with van der Waals surface area (Å²) in [5.41, 5.74) is 0.546.